The Labute approximate surface area is 107 Å². The average Bonchev–Trinajstić information content (AvgIpc) is 2.34. The van der Waals surface area contributed by atoms with Crippen LogP contribution < -0.4 is 10.6 Å². The topological polar surface area (TPSA) is 61.4 Å². The van der Waals surface area contributed by atoms with Crippen LogP contribution in [-0.4, -0.2) is 29.7 Å². The molecule has 2 rings (SSSR count). The summed E-state index contributed by atoms with van der Waals surface area (Å²) in [5.74, 6) is -0.134. The van der Waals surface area contributed by atoms with Crippen LogP contribution >= 0.6 is 0 Å². The van der Waals surface area contributed by atoms with Gasteiger partial charge in [-0.2, -0.15) is 0 Å². The molecule has 0 saturated heterocycles. The van der Waals surface area contributed by atoms with Gasteiger partial charge in [-0.05, 0) is 50.1 Å². The van der Waals surface area contributed by atoms with Crippen LogP contribution in [0.5, 0.6) is 0 Å². The number of carbonyl (C=O) groups is 1. The Kier molecular flexibility index (Phi) is 3.68. The second kappa shape index (κ2) is 5.08. The molecule has 0 aliphatic carbocycles. The molecule has 1 aliphatic heterocycles. The first kappa shape index (κ1) is 13.1. The van der Waals surface area contributed by atoms with E-state index in [1.807, 2.05) is 18.2 Å². The summed E-state index contributed by atoms with van der Waals surface area (Å²) in [7, 11) is 0. The standard InChI is InChI=1S/C14H20N2O2/c1-14(2,18)9-16-13(17)11-4-3-10-5-6-15-8-12(10)7-11/h3-4,7,15,18H,5-6,8-9H2,1-2H3,(H,16,17). The summed E-state index contributed by atoms with van der Waals surface area (Å²) >= 11 is 0. The highest BCUT2D eigenvalue weighted by molar-refractivity contribution is 5.94. The summed E-state index contributed by atoms with van der Waals surface area (Å²) in [5, 5.41) is 15.6. The molecule has 3 N–H and O–H groups in total. The van der Waals surface area contributed by atoms with Crippen molar-refractivity contribution in [2.45, 2.75) is 32.4 Å². The zero-order valence-electron chi connectivity index (χ0n) is 10.9. The number of aliphatic hydroxyl groups is 1. The summed E-state index contributed by atoms with van der Waals surface area (Å²) in [6, 6.07) is 5.81. The normalized spacial score (nSPS) is 15.1. The van der Waals surface area contributed by atoms with E-state index >= 15 is 0 Å². The maximum Gasteiger partial charge on any atom is 0.251 e. The molecule has 0 atom stereocenters. The van der Waals surface area contributed by atoms with Crippen molar-refractivity contribution >= 4 is 5.91 Å². The average molecular weight is 248 g/mol. The number of hydrogen-bond donors (Lipinski definition) is 3. The summed E-state index contributed by atoms with van der Waals surface area (Å²) in [5.41, 5.74) is 2.28. The Morgan fingerprint density at radius 1 is 1.44 bits per heavy atom. The molecule has 0 unspecified atom stereocenters. The van der Waals surface area contributed by atoms with Gasteiger partial charge >= 0.3 is 0 Å². The molecule has 0 saturated carbocycles. The minimum atomic E-state index is -0.884. The Balaban J connectivity index is 2.07. The van der Waals surface area contributed by atoms with E-state index < -0.39 is 5.60 Å². The van der Waals surface area contributed by atoms with Gasteiger partial charge in [0.25, 0.3) is 5.91 Å². The molecule has 4 nitrogen and oxygen atoms in total. The van der Waals surface area contributed by atoms with Gasteiger partial charge < -0.3 is 15.7 Å². The molecule has 0 radical (unpaired) electrons. The molecule has 1 amide bonds. The van der Waals surface area contributed by atoms with Crippen molar-refractivity contribution in [2.75, 3.05) is 13.1 Å². The maximum atomic E-state index is 11.9. The van der Waals surface area contributed by atoms with E-state index in [1.165, 1.54) is 11.1 Å². The Hall–Kier alpha value is -1.39. The maximum absolute atomic E-state index is 11.9. The van der Waals surface area contributed by atoms with Crippen LogP contribution in [0, 0.1) is 0 Å². The summed E-state index contributed by atoms with van der Waals surface area (Å²) in [6.07, 6.45) is 1.01. The Morgan fingerprint density at radius 3 is 2.94 bits per heavy atom. The lowest BCUT2D eigenvalue weighted by Crippen LogP contribution is -2.38. The molecule has 0 fully saturated rings. The van der Waals surface area contributed by atoms with E-state index in [2.05, 4.69) is 10.6 Å². The third-order valence-corrected chi connectivity index (χ3v) is 3.04. The van der Waals surface area contributed by atoms with Gasteiger partial charge in [-0.25, -0.2) is 0 Å². The van der Waals surface area contributed by atoms with Crippen LogP contribution in [0.3, 0.4) is 0 Å². The highest BCUT2D eigenvalue weighted by Gasteiger charge is 2.16. The molecule has 1 heterocycles. The molecular weight excluding hydrogens is 228 g/mol. The van der Waals surface area contributed by atoms with Crippen LogP contribution in [0.25, 0.3) is 0 Å². The van der Waals surface area contributed by atoms with Gasteiger partial charge in [0.2, 0.25) is 0 Å². The second-order valence-electron chi connectivity index (χ2n) is 5.41. The summed E-state index contributed by atoms with van der Waals surface area (Å²) in [6.45, 7) is 5.41. The summed E-state index contributed by atoms with van der Waals surface area (Å²) < 4.78 is 0. The lowest BCUT2D eigenvalue weighted by Gasteiger charge is -2.19. The van der Waals surface area contributed by atoms with Crippen molar-refractivity contribution in [1.82, 2.24) is 10.6 Å². The molecule has 0 aromatic heterocycles. The third kappa shape index (κ3) is 3.31. The number of fused-ring (bicyclic) bond motifs is 1. The zero-order chi connectivity index (χ0) is 13.2. The molecule has 0 bridgehead atoms. The van der Waals surface area contributed by atoms with E-state index in [4.69, 9.17) is 0 Å². The second-order valence-corrected chi connectivity index (χ2v) is 5.41. The van der Waals surface area contributed by atoms with Crippen LogP contribution in [0.2, 0.25) is 0 Å². The number of nitrogens with one attached hydrogen (secondary N) is 2. The van der Waals surface area contributed by atoms with Crippen LogP contribution in [-0.2, 0) is 13.0 Å². The first-order valence-electron chi connectivity index (χ1n) is 6.29. The third-order valence-electron chi connectivity index (χ3n) is 3.04. The monoisotopic (exact) mass is 248 g/mol. The quantitative estimate of drug-likeness (QED) is 0.742. The van der Waals surface area contributed by atoms with Crippen molar-refractivity contribution in [2.24, 2.45) is 0 Å². The lowest BCUT2D eigenvalue weighted by atomic mass is 9.98. The first-order valence-corrected chi connectivity index (χ1v) is 6.29. The fourth-order valence-electron chi connectivity index (χ4n) is 2.02. The lowest BCUT2D eigenvalue weighted by molar-refractivity contribution is 0.0694. The van der Waals surface area contributed by atoms with E-state index in [0.29, 0.717) is 5.56 Å². The van der Waals surface area contributed by atoms with Crippen LogP contribution in [0.15, 0.2) is 18.2 Å². The van der Waals surface area contributed by atoms with Crippen molar-refractivity contribution in [3.8, 4) is 0 Å². The SMILES string of the molecule is CC(C)(O)CNC(=O)c1ccc2c(c1)CNCC2. The minimum absolute atomic E-state index is 0.134. The first-order chi connectivity index (χ1) is 8.46. The van der Waals surface area contributed by atoms with E-state index in [0.717, 1.165) is 19.5 Å². The molecule has 1 aromatic rings. The van der Waals surface area contributed by atoms with Crippen molar-refractivity contribution < 1.29 is 9.90 Å². The fourth-order valence-corrected chi connectivity index (χ4v) is 2.02. The Bertz CT molecular complexity index is 450. The number of rotatable bonds is 3. The Morgan fingerprint density at radius 2 is 2.22 bits per heavy atom. The molecule has 0 spiro atoms. The molecule has 98 valence electrons. The van der Waals surface area contributed by atoms with E-state index in [-0.39, 0.29) is 12.5 Å². The molecule has 1 aromatic carbocycles. The van der Waals surface area contributed by atoms with Gasteiger partial charge in [0, 0.05) is 18.7 Å². The van der Waals surface area contributed by atoms with Crippen molar-refractivity contribution in [3.05, 3.63) is 34.9 Å². The molecular formula is C14H20N2O2. The smallest absolute Gasteiger partial charge is 0.251 e. The number of hydrogen-bond acceptors (Lipinski definition) is 3. The van der Waals surface area contributed by atoms with Gasteiger partial charge in [0.15, 0.2) is 0 Å². The highest BCUT2D eigenvalue weighted by Crippen LogP contribution is 2.15. The van der Waals surface area contributed by atoms with Crippen molar-refractivity contribution in [1.29, 1.82) is 0 Å². The van der Waals surface area contributed by atoms with Gasteiger partial charge in [-0.3, -0.25) is 4.79 Å². The largest absolute Gasteiger partial charge is 0.389 e. The van der Waals surface area contributed by atoms with Crippen molar-refractivity contribution in [3.63, 3.8) is 0 Å². The number of benzene rings is 1. The van der Waals surface area contributed by atoms with Crippen LogP contribution in [0.1, 0.15) is 35.3 Å². The number of amides is 1. The number of carbonyl (C=O) groups excluding carboxylic acids is 1. The van der Waals surface area contributed by atoms with Gasteiger partial charge in [0.05, 0.1) is 5.60 Å². The van der Waals surface area contributed by atoms with Gasteiger partial charge in [-0.1, -0.05) is 6.07 Å². The van der Waals surface area contributed by atoms with E-state index in [9.17, 15) is 9.90 Å². The minimum Gasteiger partial charge on any atom is -0.389 e. The van der Waals surface area contributed by atoms with E-state index in [1.54, 1.807) is 13.8 Å². The molecule has 1 aliphatic rings. The van der Waals surface area contributed by atoms with Crippen LogP contribution in [0.4, 0.5) is 0 Å². The summed E-state index contributed by atoms with van der Waals surface area (Å²) in [4.78, 5) is 11.9. The zero-order valence-corrected chi connectivity index (χ0v) is 10.9. The fraction of sp³-hybridized carbons (Fsp3) is 0.500. The highest BCUT2D eigenvalue weighted by atomic mass is 16.3. The predicted octanol–water partition coefficient (Wildman–Crippen LogP) is 0.833. The molecule has 18 heavy (non-hydrogen) atoms. The molecule has 4 heteroatoms. The van der Waals surface area contributed by atoms with Gasteiger partial charge in [-0.15, -0.1) is 0 Å². The van der Waals surface area contributed by atoms with Gasteiger partial charge in [0.1, 0.15) is 0 Å². The predicted molar refractivity (Wildman–Crippen MR) is 70.5 cm³/mol.